The first-order chi connectivity index (χ1) is 6.84. The fraction of sp³-hybridized carbons (Fsp3) is 0.700. The third kappa shape index (κ3) is 2.48. The van der Waals surface area contributed by atoms with E-state index in [1.54, 1.807) is 0 Å². The number of aromatic nitrogens is 2. The number of aromatic amines is 1. The highest BCUT2D eigenvalue weighted by molar-refractivity contribution is 5.04. The number of aromatic hydroxyl groups is 1. The topological polar surface area (TPSA) is 52.2 Å². The lowest BCUT2D eigenvalue weighted by Crippen LogP contribution is -2.24. The van der Waals surface area contributed by atoms with Gasteiger partial charge in [0, 0.05) is 0 Å². The fourth-order valence-corrected chi connectivity index (χ4v) is 1.94. The van der Waals surface area contributed by atoms with Crippen molar-refractivity contribution >= 4 is 0 Å². The van der Waals surface area contributed by atoms with E-state index in [4.69, 9.17) is 5.11 Å². The van der Waals surface area contributed by atoms with Crippen LogP contribution in [-0.2, 0) is 6.54 Å². The summed E-state index contributed by atoms with van der Waals surface area (Å²) in [5.74, 6) is 1.03. The molecule has 0 aromatic carbocycles. The Morgan fingerprint density at radius 2 is 2.00 bits per heavy atom. The molecule has 1 aromatic heterocycles. The quantitative estimate of drug-likeness (QED) is 0.751. The van der Waals surface area contributed by atoms with Crippen molar-refractivity contribution in [3.63, 3.8) is 0 Å². The zero-order valence-electron chi connectivity index (χ0n) is 8.37. The number of nitrogens with zero attached hydrogens (tertiary/aromatic N) is 2. The normalized spacial score (nSPS) is 19.4. The number of likely N-dealkylation sites (tertiary alicyclic amines) is 1. The van der Waals surface area contributed by atoms with E-state index in [0.29, 0.717) is 0 Å². The third-order valence-corrected chi connectivity index (χ3v) is 2.69. The molecule has 1 fully saturated rings. The van der Waals surface area contributed by atoms with Crippen molar-refractivity contribution in [3.8, 4) is 5.88 Å². The molecule has 0 atom stereocenters. The minimum absolute atomic E-state index is 0.162. The monoisotopic (exact) mass is 195 g/mol. The van der Waals surface area contributed by atoms with Crippen LogP contribution in [0.3, 0.4) is 0 Å². The van der Waals surface area contributed by atoms with Gasteiger partial charge in [-0.25, -0.2) is 4.98 Å². The highest BCUT2D eigenvalue weighted by Crippen LogP contribution is 2.12. The minimum atomic E-state index is 0.162. The van der Waals surface area contributed by atoms with Gasteiger partial charge in [0.15, 0.2) is 0 Å². The molecule has 4 heteroatoms. The zero-order valence-corrected chi connectivity index (χ0v) is 8.37. The second kappa shape index (κ2) is 4.46. The summed E-state index contributed by atoms with van der Waals surface area (Å²) in [4.78, 5) is 9.33. The second-order valence-electron chi connectivity index (χ2n) is 3.91. The molecule has 0 spiro atoms. The van der Waals surface area contributed by atoms with Gasteiger partial charge in [0.1, 0.15) is 5.82 Å². The van der Waals surface area contributed by atoms with Crippen LogP contribution in [0.5, 0.6) is 5.88 Å². The predicted octanol–water partition coefficient (Wildman–Crippen LogP) is 1.49. The van der Waals surface area contributed by atoms with Crippen molar-refractivity contribution in [2.75, 3.05) is 13.1 Å². The molecule has 4 nitrogen and oxygen atoms in total. The van der Waals surface area contributed by atoms with Gasteiger partial charge < -0.3 is 10.1 Å². The van der Waals surface area contributed by atoms with E-state index in [-0.39, 0.29) is 5.88 Å². The Kier molecular flexibility index (Phi) is 3.03. The van der Waals surface area contributed by atoms with Crippen LogP contribution < -0.4 is 0 Å². The van der Waals surface area contributed by atoms with Gasteiger partial charge in [0.25, 0.3) is 0 Å². The van der Waals surface area contributed by atoms with Crippen LogP contribution in [-0.4, -0.2) is 33.1 Å². The van der Waals surface area contributed by atoms with Gasteiger partial charge in [0.05, 0.1) is 12.7 Å². The smallest absolute Gasteiger partial charge is 0.208 e. The van der Waals surface area contributed by atoms with Crippen molar-refractivity contribution in [1.29, 1.82) is 0 Å². The number of imidazole rings is 1. The standard InChI is InChI=1S/C10H17N3O/c14-10-7-11-9(12-10)8-13-5-3-1-2-4-6-13/h7,14H,1-6,8H2,(H,11,12). The highest BCUT2D eigenvalue weighted by Gasteiger charge is 2.10. The van der Waals surface area contributed by atoms with E-state index in [2.05, 4.69) is 14.9 Å². The molecule has 1 saturated heterocycles. The molecular formula is C10H17N3O. The number of hydrogen-bond acceptors (Lipinski definition) is 3. The van der Waals surface area contributed by atoms with E-state index in [1.807, 2.05) is 0 Å². The molecule has 78 valence electrons. The first-order valence-electron chi connectivity index (χ1n) is 5.30. The first-order valence-corrected chi connectivity index (χ1v) is 5.30. The number of nitrogens with one attached hydrogen (secondary N) is 1. The SMILES string of the molecule is Oc1cnc(CN2CCCCCC2)[nH]1. The fourth-order valence-electron chi connectivity index (χ4n) is 1.94. The van der Waals surface area contributed by atoms with Gasteiger partial charge in [-0.3, -0.25) is 4.90 Å². The predicted molar refractivity (Wildman–Crippen MR) is 54.0 cm³/mol. The molecule has 2 rings (SSSR count). The van der Waals surface area contributed by atoms with Gasteiger partial charge >= 0.3 is 0 Å². The Labute approximate surface area is 84.0 Å². The Bertz CT molecular complexity index is 277. The maximum Gasteiger partial charge on any atom is 0.208 e. The molecule has 0 unspecified atom stereocenters. The molecule has 1 aliphatic rings. The van der Waals surface area contributed by atoms with Crippen LogP contribution >= 0.6 is 0 Å². The molecule has 1 aromatic rings. The Morgan fingerprint density at radius 3 is 2.57 bits per heavy atom. The molecule has 0 radical (unpaired) electrons. The average molecular weight is 195 g/mol. The maximum absolute atomic E-state index is 9.10. The molecule has 2 heterocycles. The lowest BCUT2D eigenvalue weighted by atomic mass is 10.2. The molecule has 2 N–H and O–H groups in total. The van der Waals surface area contributed by atoms with Gasteiger partial charge in [-0.05, 0) is 25.9 Å². The molecule has 0 aliphatic carbocycles. The summed E-state index contributed by atoms with van der Waals surface area (Å²) in [6.07, 6.45) is 6.73. The summed E-state index contributed by atoms with van der Waals surface area (Å²) in [6.45, 7) is 3.14. The third-order valence-electron chi connectivity index (χ3n) is 2.69. The van der Waals surface area contributed by atoms with Crippen LogP contribution in [0.4, 0.5) is 0 Å². The molecule has 1 aliphatic heterocycles. The maximum atomic E-state index is 9.10. The van der Waals surface area contributed by atoms with E-state index in [1.165, 1.54) is 31.9 Å². The Morgan fingerprint density at radius 1 is 1.29 bits per heavy atom. The molecule has 0 bridgehead atoms. The summed E-state index contributed by atoms with van der Waals surface area (Å²) < 4.78 is 0. The summed E-state index contributed by atoms with van der Waals surface area (Å²) in [7, 11) is 0. The second-order valence-corrected chi connectivity index (χ2v) is 3.91. The number of hydrogen-bond donors (Lipinski definition) is 2. The first kappa shape index (κ1) is 9.52. The average Bonchev–Trinajstić information content (AvgIpc) is 2.43. The van der Waals surface area contributed by atoms with Crippen LogP contribution in [0.15, 0.2) is 6.20 Å². The van der Waals surface area contributed by atoms with E-state index >= 15 is 0 Å². The van der Waals surface area contributed by atoms with Crippen LogP contribution in [0, 0.1) is 0 Å². The summed E-state index contributed by atoms with van der Waals surface area (Å²) in [5.41, 5.74) is 0. The molecule has 0 amide bonds. The molecule has 0 saturated carbocycles. The van der Waals surface area contributed by atoms with Crippen LogP contribution in [0.1, 0.15) is 31.5 Å². The summed E-state index contributed by atoms with van der Waals surface area (Å²) >= 11 is 0. The largest absolute Gasteiger partial charge is 0.493 e. The summed E-state index contributed by atoms with van der Waals surface area (Å²) in [5, 5.41) is 9.10. The van der Waals surface area contributed by atoms with Gasteiger partial charge in [0.2, 0.25) is 5.88 Å². The van der Waals surface area contributed by atoms with E-state index in [0.717, 1.165) is 25.5 Å². The van der Waals surface area contributed by atoms with Crippen molar-refractivity contribution in [3.05, 3.63) is 12.0 Å². The van der Waals surface area contributed by atoms with Gasteiger partial charge in [-0.1, -0.05) is 12.8 Å². The van der Waals surface area contributed by atoms with E-state index < -0.39 is 0 Å². The number of rotatable bonds is 2. The van der Waals surface area contributed by atoms with Crippen LogP contribution in [0.2, 0.25) is 0 Å². The van der Waals surface area contributed by atoms with Gasteiger partial charge in [-0.2, -0.15) is 0 Å². The summed E-state index contributed by atoms with van der Waals surface area (Å²) in [6, 6.07) is 0. The van der Waals surface area contributed by atoms with Crippen molar-refractivity contribution in [2.45, 2.75) is 32.2 Å². The minimum Gasteiger partial charge on any atom is -0.493 e. The van der Waals surface area contributed by atoms with Crippen molar-refractivity contribution in [1.82, 2.24) is 14.9 Å². The van der Waals surface area contributed by atoms with E-state index in [9.17, 15) is 0 Å². The van der Waals surface area contributed by atoms with Gasteiger partial charge in [-0.15, -0.1) is 0 Å². The van der Waals surface area contributed by atoms with Crippen molar-refractivity contribution in [2.24, 2.45) is 0 Å². The Hall–Kier alpha value is -1.03. The lowest BCUT2D eigenvalue weighted by Gasteiger charge is -2.17. The Balaban J connectivity index is 1.89. The lowest BCUT2D eigenvalue weighted by molar-refractivity contribution is 0.270. The highest BCUT2D eigenvalue weighted by atomic mass is 16.3. The molecular weight excluding hydrogens is 178 g/mol. The van der Waals surface area contributed by atoms with Crippen molar-refractivity contribution < 1.29 is 5.11 Å². The van der Waals surface area contributed by atoms with Crippen LogP contribution in [0.25, 0.3) is 0 Å². The molecule has 14 heavy (non-hydrogen) atoms. The number of H-pyrrole nitrogens is 1. The zero-order chi connectivity index (χ0) is 9.80.